The number of hydrogen-bond acceptors (Lipinski definition) is 3. The van der Waals surface area contributed by atoms with E-state index in [1.165, 1.54) is 5.56 Å². The minimum Gasteiger partial charge on any atom is -0.353 e. The van der Waals surface area contributed by atoms with Crippen LogP contribution < -0.4 is 5.32 Å². The molecule has 122 valence electrons. The lowest BCUT2D eigenvalue weighted by atomic mass is 9.95. The Bertz CT molecular complexity index is 663. The molecular formula is C18H21BrN2OS. The number of hydrogen-bond donors (Lipinski definition) is 1. The Balaban J connectivity index is 1.68. The van der Waals surface area contributed by atoms with Gasteiger partial charge in [0.15, 0.2) is 0 Å². The molecule has 0 radical (unpaired) electrons. The van der Waals surface area contributed by atoms with E-state index in [1.807, 2.05) is 12.1 Å². The van der Waals surface area contributed by atoms with E-state index in [4.69, 9.17) is 0 Å². The Morgan fingerprint density at radius 3 is 2.52 bits per heavy atom. The van der Waals surface area contributed by atoms with Gasteiger partial charge >= 0.3 is 0 Å². The molecule has 0 aliphatic heterocycles. The molecule has 1 saturated carbocycles. The molecule has 3 rings (SSSR count). The van der Waals surface area contributed by atoms with Gasteiger partial charge in [0.25, 0.3) is 0 Å². The van der Waals surface area contributed by atoms with E-state index in [2.05, 4.69) is 69.2 Å². The molecule has 1 aliphatic carbocycles. The molecule has 1 heterocycles. The molecular weight excluding hydrogens is 372 g/mol. The van der Waals surface area contributed by atoms with Gasteiger partial charge in [-0.05, 0) is 67.0 Å². The summed E-state index contributed by atoms with van der Waals surface area (Å²) >= 11 is 5.14. The van der Waals surface area contributed by atoms with Crippen LogP contribution >= 0.6 is 27.3 Å². The fraction of sp³-hybridized carbons (Fsp3) is 0.389. The van der Waals surface area contributed by atoms with E-state index in [9.17, 15) is 4.79 Å². The van der Waals surface area contributed by atoms with Crippen molar-refractivity contribution in [2.75, 3.05) is 20.6 Å². The third-order valence-corrected chi connectivity index (χ3v) is 5.82. The van der Waals surface area contributed by atoms with Crippen LogP contribution in [0.2, 0.25) is 0 Å². The first-order valence-electron chi connectivity index (χ1n) is 7.76. The first kappa shape index (κ1) is 16.7. The normalized spacial score (nSPS) is 17.0. The van der Waals surface area contributed by atoms with Crippen molar-refractivity contribution in [1.82, 2.24) is 10.2 Å². The zero-order chi connectivity index (χ0) is 16.4. The van der Waals surface area contributed by atoms with Gasteiger partial charge in [0.1, 0.15) is 0 Å². The topological polar surface area (TPSA) is 32.3 Å². The highest BCUT2D eigenvalue weighted by Gasteiger charge is 2.51. The fourth-order valence-corrected chi connectivity index (χ4v) is 3.93. The summed E-state index contributed by atoms with van der Waals surface area (Å²) in [5.74, 6) is 0.155. The Hall–Kier alpha value is -1.17. The molecule has 0 bridgehead atoms. The van der Waals surface area contributed by atoms with Gasteiger partial charge in [-0.2, -0.15) is 11.3 Å². The van der Waals surface area contributed by atoms with Crippen molar-refractivity contribution in [2.45, 2.75) is 24.3 Å². The van der Waals surface area contributed by atoms with Gasteiger partial charge in [0.05, 0.1) is 11.5 Å². The Kier molecular flexibility index (Phi) is 4.90. The van der Waals surface area contributed by atoms with Gasteiger partial charge in [-0.15, -0.1) is 0 Å². The Morgan fingerprint density at radius 1 is 1.30 bits per heavy atom. The molecule has 0 spiro atoms. The van der Waals surface area contributed by atoms with Crippen LogP contribution in [0.4, 0.5) is 0 Å². The van der Waals surface area contributed by atoms with Crippen LogP contribution in [0, 0.1) is 0 Å². The van der Waals surface area contributed by atoms with Crippen LogP contribution in [0.3, 0.4) is 0 Å². The lowest BCUT2D eigenvalue weighted by Crippen LogP contribution is -2.40. The van der Waals surface area contributed by atoms with Gasteiger partial charge in [-0.3, -0.25) is 4.79 Å². The highest BCUT2D eigenvalue weighted by atomic mass is 79.9. The second-order valence-electron chi connectivity index (χ2n) is 6.34. The van der Waals surface area contributed by atoms with E-state index >= 15 is 0 Å². The SMILES string of the molecule is CN(C)[C@H](CNC(=O)C1(c2ccc(Br)cc2)CC1)c1ccsc1. The largest absolute Gasteiger partial charge is 0.353 e. The molecule has 1 aliphatic rings. The highest BCUT2D eigenvalue weighted by Crippen LogP contribution is 2.48. The van der Waals surface area contributed by atoms with Crippen LogP contribution in [0.5, 0.6) is 0 Å². The molecule has 3 nitrogen and oxygen atoms in total. The smallest absolute Gasteiger partial charge is 0.230 e. The third kappa shape index (κ3) is 3.52. The van der Waals surface area contributed by atoms with Gasteiger partial charge in [0, 0.05) is 11.0 Å². The van der Waals surface area contributed by atoms with Gasteiger partial charge in [-0.1, -0.05) is 28.1 Å². The number of carbonyl (C=O) groups excluding carboxylic acids is 1. The maximum atomic E-state index is 12.8. The number of rotatable bonds is 6. The summed E-state index contributed by atoms with van der Waals surface area (Å²) in [5.41, 5.74) is 2.07. The summed E-state index contributed by atoms with van der Waals surface area (Å²) in [6, 6.07) is 10.5. The molecule has 1 amide bonds. The molecule has 0 saturated heterocycles. The van der Waals surface area contributed by atoms with Crippen LogP contribution in [0.1, 0.15) is 30.0 Å². The van der Waals surface area contributed by atoms with Crippen molar-refractivity contribution in [1.29, 1.82) is 0 Å². The zero-order valence-electron chi connectivity index (χ0n) is 13.4. The number of thiophene rings is 1. The molecule has 1 aromatic carbocycles. The van der Waals surface area contributed by atoms with Crippen molar-refractivity contribution >= 4 is 33.2 Å². The molecule has 23 heavy (non-hydrogen) atoms. The van der Waals surface area contributed by atoms with Crippen molar-refractivity contribution in [3.63, 3.8) is 0 Å². The van der Waals surface area contributed by atoms with E-state index in [1.54, 1.807) is 11.3 Å². The molecule has 1 fully saturated rings. The predicted octanol–water partition coefficient (Wildman–Crippen LogP) is 3.96. The average molecular weight is 393 g/mol. The van der Waals surface area contributed by atoms with E-state index in [-0.39, 0.29) is 17.4 Å². The zero-order valence-corrected chi connectivity index (χ0v) is 15.8. The third-order valence-electron chi connectivity index (χ3n) is 4.59. The number of likely N-dealkylation sites (N-methyl/N-ethyl adjacent to an activating group) is 1. The molecule has 1 N–H and O–H groups in total. The molecule has 1 aromatic heterocycles. The molecule has 5 heteroatoms. The van der Waals surface area contributed by atoms with Crippen LogP contribution in [-0.2, 0) is 10.2 Å². The Morgan fingerprint density at radius 2 is 2.00 bits per heavy atom. The second kappa shape index (κ2) is 6.75. The van der Waals surface area contributed by atoms with Crippen LogP contribution in [0.25, 0.3) is 0 Å². The van der Waals surface area contributed by atoms with E-state index in [0.29, 0.717) is 6.54 Å². The summed E-state index contributed by atoms with van der Waals surface area (Å²) in [6.07, 6.45) is 1.87. The highest BCUT2D eigenvalue weighted by molar-refractivity contribution is 9.10. The number of nitrogens with one attached hydrogen (secondary N) is 1. The number of halogens is 1. The number of nitrogens with zero attached hydrogens (tertiary/aromatic N) is 1. The first-order valence-corrected chi connectivity index (χ1v) is 9.49. The van der Waals surface area contributed by atoms with Gasteiger partial charge in [-0.25, -0.2) is 0 Å². The summed E-state index contributed by atoms with van der Waals surface area (Å²) in [6.45, 7) is 0.640. The molecule has 1 atom stereocenters. The second-order valence-corrected chi connectivity index (χ2v) is 8.03. The standard InChI is InChI=1S/C18H21BrN2OS/c1-21(2)16(13-7-10-23-12-13)11-20-17(22)18(8-9-18)14-3-5-15(19)6-4-14/h3-7,10,12,16H,8-9,11H2,1-2H3,(H,20,22)/t16-/m1/s1. The molecule has 0 unspecified atom stereocenters. The van der Waals surface area contributed by atoms with Gasteiger partial charge in [0.2, 0.25) is 5.91 Å². The fourth-order valence-electron chi connectivity index (χ4n) is 2.96. The monoisotopic (exact) mass is 392 g/mol. The average Bonchev–Trinajstić information content (AvgIpc) is 3.17. The van der Waals surface area contributed by atoms with Crippen LogP contribution in [-0.4, -0.2) is 31.4 Å². The van der Waals surface area contributed by atoms with Crippen molar-refractivity contribution in [3.8, 4) is 0 Å². The predicted molar refractivity (Wildman–Crippen MR) is 98.8 cm³/mol. The quantitative estimate of drug-likeness (QED) is 0.806. The van der Waals surface area contributed by atoms with Crippen LogP contribution in [0.15, 0.2) is 45.6 Å². The number of benzene rings is 1. The van der Waals surface area contributed by atoms with Crippen molar-refractivity contribution < 1.29 is 4.79 Å². The summed E-state index contributed by atoms with van der Waals surface area (Å²) in [5, 5.41) is 7.41. The lowest BCUT2D eigenvalue weighted by Gasteiger charge is -2.25. The maximum Gasteiger partial charge on any atom is 0.230 e. The van der Waals surface area contributed by atoms with E-state index in [0.717, 1.165) is 22.9 Å². The first-order chi connectivity index (χ1) is 11.0. The number of carbonyl (C=O) groups is 1. The Labute approximate surface area is 149 Å². The summed E-state index contributed by atoms with van der Waals surface area (Å²) in [7, 11) is 4.10. The summed E-state index contributed by atoms with van der Waals surface area (Å²) < 4.78 is 1.04. The molecule has 2 aromatic rings. The summed E-state index contributed by atoms with van der Waals surface area (Å²) in [4.78, 5) is 14.9. The minimum atomic E-state index is -0.313. The van der Waals surface area contributed by atoms with Crippen molar-refractivity contribution in [2.24, 2.45) is 0 Å². The maximum absolute atomic E-state index is 12.8. The van der Waals surface area contributed by atoms with E-state index < -0.39 is 0 Å². The lowest BCUT2D eigenvalue weighted by molar-refractivity contribution is -0.123. The van der Waals surface area contributed by atoms with Gasteiger partial charge < -0.3 is 10.2 Å². The van der Waals surface area contributed by atoms with Crippen molar-refractivity contribution in [3.05, 3.63) is 56.7 Å². The number of amides is 1. The minimum absolute atomic E-state index is 0.155.